The number of amides is 1. The molecule has 0 saturated carbocycles. The number of likely N-dealkylation sites (tertiary alicyclic amines) is 1. The molecule has 0 spiro atoms. The number of nitrogens with two attached hydrogens (primary N) is 1. The van der Waals surface area contributed by atoms with Gasteiger partial charge in [0.2, 0.25) is 5.91 Å². The van der Waals surface area contributed by atoms with Gasteiger partial charge in [-0.1, -0.05) is 31.5 Å². The van der Waals surface area contributed by atoms with E-state index in [4.69, 9.17) is 5.73 Å². The first-order chi connectivity index (χ1) is 9.81. The molecule has 116 valence electrons. The van der Waals surface area contributed by atoms with Crippen molar-refractivity contribution in [2.24, 2.45) is 11.7 Å². The van der Waals surface area contributed by atoms with Gasteiger partial charge in [-0.3, -0.25) is 4.79 Å². The fraction of sp³-hybridized carbons (Fsp3) is 0.611. The molecule has 0 bridgehead atoms. The Bertz CT molecular complexity index is 513. The number of aryl methyl sites for hydroxylation is 3. The van der Waals surface area contributed by atoms with E-state index in [1.54, 1.807) is 0 Å². The predicted octanol–water partition coefficient (Wildman–Crippen LogP) is 3.26. The molecule has 1 heterocycles. The van der Waals surface area contributed by atoms with Crippen molar-refractivity contribution >= 4 is 5.91 Å². The molecule has 1 amide bonds. The number of nitrogens with zero attached hydrogens (tertiary/aromatic N) is 1. The zero-order chi connectivity index (χ0) is 15.7. The van der Waals surface area contributed by atoms with Crippen LogP contribution >= 0.6 is 0 Å². The molecule has 1 fully saturated rings. The maximum absolute atomic E-state index is 12.4. The molecule has 0 radical (unpaired) electrons. The van der Waals surface area contributed by atoms with Crippen LogP contribution in [0.15, 0.2) is 12.1 Å². The van der Waals surface area contributed by atoms with Gasteiger partial charge < -0.3 is 10.6 Å². The Labute approximate surface area is 128 Å². The molecular formula is C18H28N2O. The summed E-state index contributed by atoms with van der Waals surface area (Å²) in [6.07, 6.45) is 1.36. The molecular weight excluding hydrogens is 260 g/mol. The maximum atomic E-state index is 12.4. The minimum atomic E-state index is 0.0225. The molecule has 1 saturated heterocycles. The van der Waals surface area contributed by atoms with Crippen LogP contribution < -0.4 is 5.73 Å². The topological polar surface area (TPSA) is 46.3 Å². The van der Waals surface area contributed by atoms with Gasteiger partial charge in [-0.2, -0.15) is 0 Å². The molecule has 3 nitrogen and oxygen atoms in total. The van der Waals surface area contributed by atoms with Crippen LogP contribution in [0, 0.1) is 26.7 Å². The number of carbonyl (C=O) groups excluding carboxylic acids is 1. The largest absolute Gasteiger partial charge is 0.334 e. The van der Waals surface area contributed by atoms with Gasteiger partial charge in [0.05, 0.1) is 6.04 Å². The zero-order valence-corrected chi connectivity index (χ0v) is 13.9. The molecule has 2 rings (SSSR count). The lowest BCUT2D eigenvalue weighted by molar-refractivity contribution is -0.138. The second kappa shape index (κ2) is 6.18. The van der Waals surface area contributed by atoms with E-state index in [2.05, 4.69) is 46.8 Å². The first-order valence-corrected chi connectivity index (χ1v) is 7.94. The Balaban J connectivity index is 2.48. The Kier molecular flexibility index (Phi) is 4.72. The van der Waals surface area contributed by atoms with Crippen LogP contribution in [0.4, 0.5) is 0 Å². The molecule has 0 aromatic heterocycles. The van der Waals surface area contributed by atoms with Crippen LogP contribution in [0.5, 0.6) is 0 Å². The van der Waals surface area contributed by atoms with Gasteiger partial charge in [0.15, 0.2) is 0 Å². The summed E-state index contributed by atoms with van der Waals surface area (Å²) in [5.74, 6) is 0.697. The molecule has 2 N–H and O–H groups in total. The van der Waals surface area contributed by atoms with Crippen LogP contribution in [-0.4, -0.2) is 23.4 Å². The summed E-state index contributed by atoms with van der Waals surface area (Å²) >= 11 is 0. The number of hydrogen-bond donors (Lipinski definition) is 1. The van der Waals surface area contributed by atoms with E-state index in [1.165, 1.54) is 22.3 Å². The third-order valence-electron chi connectivity index (χ3n) is 4.35. The van der Waals surface area contributed by atoms with Crippen molar-refractivity contribution in [3.8, 4) is 0 Å². The van der Waals surface area contributed by atoms with Crippen molar-refractivity contribution in [1.29, 1.82) is 0 Å². The Morgan fingerprint density at radius 1 is 1.24 bits per heavy atom. The predicted molar refractivity (Wildman–Crippen MR) is 87.2 cm³/mol. The van der Waals surface area contributed by atoms with Crippen molar-refractivity contribution in [3.05, 3.63) is 34.4 Å². The standard InChI is InChI=1S/C18H28N2O/c1-11(2)10-20-16(21)7-6-15(19)18(20)17-13(4)8-12(3)9-14(17)5/h8-9,11,15,18H,6-7,10,19H2,1-5H3. The highest BCUT2D eigenvalue weighted by atomic mass is 16.2. The van der Waals surface area contributed by atoms with Crippen molar-refractivity contribution < 1.29 is 4.79 Å². The lowest BCUT2D eigenvalue weighted by atomic mass is 9.84. The van der Waals surface area contributed by atoms with Crippen LogP contribution in [0.25, 0.3) is 0 Å². The molecule has 3 heteroatoms. The highest BCUT2D eigenvalue weighted by Gasteiger charge is 2.36. The lowest BCUT2D eigenvalue weighted by Gasteiger charge is -2.42. The van der Waals surface area contributed by atoms with Gasteiger partial charge in [0, 0.05) is 19.0 Å². The van der Waals surface area contributed by atoms with Gasteiger partial charge in [-0.05, 0) is 49.8 Å². The fourth-order valence-electron chi connectivity index (χ4n) is 3.61. The Hall–Kier alpha value is -1.35. The van der Waals surface area contributed by atoms with Gasteiger partial charge in [0.1, 0.15) is 0 Å². The van der Waals surface area contributed by atoms with E-state index in [-0.39, 0.29) is 18.0 Å². The Morgan fingerprint density at radius 3 is 2.33 bits per heavy atom. The number of piperidine rings is 1. The highest BCUT2D eigenvalue weighted by Crippen LogP contribution is 2.35. The monoisotopic (exact) mass is 288 g/mol. The first kappa shape index (κ1) is 16.0. The van der Waals surface area contributed by atoms with Crippen LogP contribution in [0.1, 0.15) is 55.0 Å². The van der Waals surface area contributed by atoms with Crippen molar-refractivity contribution in [2.45, 2.75) is 59.5 Å². The zero-order valence-electron chi connectivity index (χ0n) is 13.9. The summed E-state index contributed by atoms with van der Waals surface area (Å²) in [6, 6.07) is 4.44. The van der Waals surface area contributed by atoms with Crippen molar-refractivity contribution in [1.82, 2.24) is 4.90 Å². The second-order valence-electron chi connectivity index (χ2n) is 6.90. The van der Waals surface area contributed by atoms with Gasteiger partial charge >= 0.3 is 0 Å². The second-order valence-corrected chi connectivity index (χ2v) is 6.90. The molecule has 1 aliphatic rings. The number of rotatable bonds is 3. The van der Waals surface area contributed by atoms with E-state index in [9.17, 15) is 4.79 Å². The Morgan fingerprint density at radius 2 is 1.81 bits per heavy atom. The maximum Gasteiger partial charge on any atom is 0.223 e. The number of carbonyl (C=O) groups is 1. The summed E-state index contributed by atoms with van der Waals surface area (Å²) in [4.78, 5) is 14.4. The van der Waals surface area contributed by atoms with Crippen molar-refractivity contribution in [3.63, 3.8) is 0 Å². The molecule has 2 atom stereocenters. The first-order valence-electron chi connectivity index (χ1n) is 7.94. The third-order valence-corrected chi connectivity index (χ3v) is 4.35. The number of hydrogen-bond acceptors (Lipinski definition) is 2. The molecule has 1 aliphatic heterocycles. The van der Waals surface area contributed by atoms with Gasteiger partial charge in [-0.15, -0.1) is 0 Å². The molecule has 21 heavy (non-hydrogen) atoms. The van der Waals surface area contributed by atoms with Crippen LogP contribution in [-0.2, 0) is 4.79 Å². The lowest BCUT2D eigenvalue weighted by Crippen LogP contribution is -2.50. The summed E-state index contributed by atoms with van der Waals surface area (Å²) in [7, 11) is 0. The quantitative estimate of drug-likeness (QED) is 0.928. The summed E-state index contributed by atoms with van der Waals surface area (Å²) in [5.41, 5.74) is 11.4. The average Bonchev–Trinajstić information content (AvgIpc) is 2.35. The fourth-order valence-corrected chi connectivity index (χ4v) is 3.61. The average molecular weight is 288 g/mol. The van der Waals surface area contributed by atoms with Crippen LogP contribution in [0.3, 0.4) is 0 Å². The summed E-state index contributed by atoms with van der Waals surface area (Å²) in [5, 5.41) is 0. The summed E-state index contributed by atoms with van der Waals surface area (Å²) < 4.78 is 0. The van der Waals surface area contributed by atoms with Gasteiger partial charge in [0.25, 0.3) is 0 Å². The SMILES string of the molecule is Cc1cc(C)c(C2C(N)CCC(=O)N2CC(C)C)c(C)c1. The molecule has 0 aliphatic carbocycles. The van der Waals surface area contributed by atoms with E-state index in [1.807, 2.05) is 4.90 Å². The van der Waals surface area contributed by atoms with Crippen LogP contribution in [0.2, 0.25) is 0 Å². The highest BCUT2D eigenvalue weighted by molar-refractivity contribution is 5.78. The van der Waals surface area contributed by atoms with E-state index >= 15 is 0 Å². The smallest absolute Gasteiger partial charge is 0.223 e. The minimum Gasteiger partial charge on any atom is -0.334 e. The number of benzene rings is 1. The third kappa shape index (κ3) is 3.29. The van der Waals surface area contributed by atoms with E-state index in [0.29, 0.717) is 12.3 Å². The van der Waals surface area contributed by atoms with Crippen molar-refractivity contribution in [2.75, 3.05) is 6.54 Å². The molecule has 1 aromatic carbocycles. The van der Waals surface area contributed by atoms with Gasteiger partial charge in [-0.25, -0.2) is 0 Å². The minimum absolute atomic E-state index is 0.0225. The molecule has 2 unspecified atom stereocenters. The van der Waals surface area contributed by atoms with E-state index in [0.717, 1.165) is 13.0 Å². The summed E-state index contributed by atoms with van der Waals surface area (Å²) in [6.45, 7) is 11.5. The normalized spacial score (nSPS) is 23.0. The van der Waals surface area contributed by atoms with E-state index < -0.39 is 0 Å². The molecule has 1 aromatic rings.